The molecule has 0 spiro atoms. The maximum absolute atomic E-state index is 12.1. The van der Waals surface area contributed by atoms with Crippen LogP contribution in [0.25, 0.3) is 5.69 Å². The van der Waals surface area contributed by atoms with E-state index < -0.39 is 0 Å². The third kappa shape index (κ3) is 5.32. The molecule has 0 fully saturated rings. The molecule has 4 nitrogen and oxygen atoms in total. The molecule has 3 aromatic rings. The van der Waals surface area contributed by atoms with E-state index in [1.54, 1.807) is 6.21 Å². The van der Waals surface area contributed by atoms with Gasteiger partial charge in [-0.05, 0) is 53.5 Å². The van der Waals surface area contributed by atoms with Crippen molar-refractivity contribution in [2.45, 2.75) is 19.6 Å². The number of benzene rings is 2. The van der Waals surface area contributed by atoms with Gasteiger partial charge in [0.2, 0.25) is 5.91 Å². The van der Waals surface area contributed by atoms with E-state index in [0.717, 1.165) is 37.7 Å². The van der Waals surface area contributed by atoms with Crippen molar-refractivity contribution < 1.29 is 4.79 Å². The molecule has 0 saturated carbocycles. The molecule has 1 amide bonds. The van der Waals surface area contributed by atoms with E-state index in [1.807, 2.05) is 56.3 Å². The first kappa shape index (κ1) is 21.7. The molecule has 0 radical (unpaired) electrons. The Labute approximate surface area is 188 Å². The van der Waals surface area contributed by atoms with Gasteiger partial charge in [-0.3, -0.25) is 4.79 Å². The lowest BCUT2D eigenvalue weighted by Crippen LogP contribution is -2.19. The van der Waals surface area contributed by atoms with Crippen LogP contribution >= 0.6 is 39.3 Å². The molecule has 0 aliphatic rings. The zero-order valence-electron chi connectivity index (χ0n) is 16.2. The van der Waals surface area contributed by atoms with Gasteiger partial charge in [-0.1, -0.05) is 48.0 Å². The molecule has 150 valence electrons. The second-order valence-corrected chi connectivity index (χ2v) is 8.63. The monoisotopic (exact) mass is 489 g/mol. The van der Waals surface area contributed by atoms with E-state index in [0.29, 0.717) is 11.5 Å². The number of amides is 1. The number of carbonyl (C=O) groups excluding carboxylic acids is 1. The molecule has 3 rings (SSSR count). The maximum Gasteiger partial charge on any atom is 0.250 e. The van der Waals surface area contributed by atoms with Gasteiger partial charge in [0.05, 0.1) is 12.0 Å². The van der Waals surface area contributed by atoms with E-state index in [1.165, 1.54) is 11.8 Å². The van der Waals surface area contributed by atoms with Gasteiger partial charge in [0.1, 0.15) is 0 Å². The second-order valence-electron chi connectivity index (χ2n) is 6.45. The standard InChI is InChI=1S/C22H21BrClN3OS/c1-15-19(22(23)16(2)27(15)18-9-4-3-5-10-18)12-25-26-21(28)14-29-13-17-8-6-7-11-20(17)24/h3-12H,13-14H2,1-2H3,(H,26,28)/b25-12-. The molecule has 0 bridgehead atoms. The van der Waals surface area contributed by atoms with E-state index in [-0.39, 0.29) is 5.91 Å². The summed E-state index contributed by atoms with van der Waals surface area (Å²) in [4.78, 5) is 12.1. The average molecular weight is 491 g/mol. The normalized spacial score (nSPS) is 11.2. The van der Waals surface area contributed by atoms with E-state index in [4.69, 9.17) is 11.6 Å². The largest absolute Gasteiger partial charge is 0.317 e. The molecule has 7 heteroatoms. The van der Waals surface area contributed by atoms with Crippen LogP contribution in [0.2, 0.25) is 5.02 Å². The Morgan fingerprint density at radius 3 is 2.55 bits per heavy atom. The zero-order chi connectivity index (χ0) is 20.8. The average Bonchev–Trinajstić information content (AvgIpc) is 2.93. The summed E-state index contributed by atoms with van der Waals surface area (Å²) < 4.78 is 3.12. The number of para-hydroxylation sites is 1. The van der Waals surface area contributed by atoms with Gasteiger partial charge in [-0.15, -0.1) is 11.8 Å². The van der Waals surface area contributed by atoms with Crippen LogP contribution in [0.15, 0.2) is 64.2 Å². The van der Waals surface area contributed by atoms with Gasteiger partial charge < -0.3 is 4.57 Å². The highest BCUT2D eigenvalue weighted by Gasteiger charge is 2.15. The molecule has 29 heavy (non-hydrogen) atoms. The summed E-state index contributed by atoms with van der Waals surface area (Å²) in [6.45, 7) is 4.08. The fourth-order valence-corrected chi connectivity index (χ4v) is 4.68. The topological polar surface area (TPSA) is 46.4 Å². The number of rotatable bonds is 7. The van der Waals surface area contributed by atoms with Gasteiger partial charge in [0, 0.05) is 37.9 Å². The van der Waals surface area contributed by atoms with E-state index >= 15 is 0 Å². The number of nitrogens with one attached hydrogen (secondary N) is 1. The Morgan fingerprint density at radius 2 is 1.83 bits per heavy atom. The number of nitrogens with zero attached hydrogens (tertiary/aromatic N) is 2. The summed E-state index contributed by atoms with van der Waals surface area (Å²) >= 11 is 11.3. The van der Waals surface area contributed by atoms with Gasteiger partial charge >= 0.3 is 0 Å². The molecule has 1 heterocycles. The van der Waals surface area contributed by atoms with Gasteiger partial charge in [0.25, 0.3) is 0 Å². The highest BCUT2D eigenvalue weighted by Crippen LogP contribution is 2.29. The van der Waals surface area contributed by atoms with Crippen molar-refractivity contribution in [1.29, 1.82) is 0 Å². The van der Waals surface area contributed by atoms with Crippen LogP contribution < -0.4 is 5.43 Å². The molecule has 0 atom stereocenters. The third-order valence-corrected chi connectivity index (χ3v) is 6.81. The quantitative estimate of drug-likeness (QED) is 0.331. The fourth-order valence-electron chi connectivity index (χ4n) is 3.01. The van der Waals surface area contributed by atoms with Crippen LogP contribution in [0, 0.1) is 13.8 Å². The van der Waals surface area contributed by atoms with Crippen molar-refractivity contribution in [3.8, 4) is 5.69 Å². The highest BCUT2D eigenvalue weighted by atomic mass is 79.9. The lowest BCUT2D eigenvalue weighted by Gasteiger charge is -2.08. The number of aromatic nitrogens is 1. The Morgan fingerprint density at radius 1 is 1.14 bits per heavy atom. The lowest BCUT2D eigenvalue weighted by atomic mass is 10.2. The molecule has 2 aromatic carbocycles. The number of halogens is 2. The molecular formula is C22H21BrClN3OS. The molecule has 1 N–H and O–H groups in total. The lowest BCUT2D eigenvalue weighted by molar-refractivity contribution is -0.118. The summed E-state index contributed by atoms with van der Waals surface area (Å²) in [7, 11) is 0. The Kier molecular flexibility index (Phi) is 7.58. The van der Waals surface area contributed by atoms with Crippen molar-refractivity contribution in [2.75, 3.05) is 5.75 Å². The van der Waals surface area contributed by atoms with Crippen LogP contribution in [-0.4, -0.2) is 22.4 Å². The molecule has 0 aliphatic carbocycles. The van der Waals surface area contributed by atoms with Crippen LogP contribution in [0.5, 0.6) is 0 Å². The first-order valence-corrected chi connectivity index (χ1v) is 11.4. The number of carbonyl (C=O) groups is 1. The summed E-state index contributed by atoms with van der Waals surface area (Å²) in [6.07, 6.45) is 1.68. The second kappa shape index (κ2) is 10.1. The molecular weight excluding hydrogens is 470 g/mol. The minimum absolute atomic E-state index is 0.147. The smallest absolute Gasteiger partial charge is 0.250 e. The fraction of sp³-hybridized carbons (Fsp3) is 0.182. The number of thioether (sulfide) groups is 1. The van der Waals surface area contributed by atoms with Crippen LogP contribution in [0.4, 0.5) is 0 Å². The van der Waals surface area contributed by atoms with Gasteiger partial charge in [-0.2, -0.15) is 5.10 Å². The van der Waals surface area contributed by atoms with Crippen LogP contribution in [0.1, 0.15) is 22.5 Å². The van der Waals surface area contributed by atoms with E-state index in [2.05, 4.69) is 43.2 Å². The Balaban J connectivity index is 1.60. The van der Waals surface area contributed by atoms with Crippen molar-refractivity contribution in [2.24, 2.45) is 5.10 Å². The van der Waals surface area contributed by atoms with Crippen molar-refractivity contribution in [3.63, 3.8) is 0 Å². The highest BCUT2D eigenvalue weighted by molar-refractivity contribution is 9.10. The number of hydrogen-bond acceptors (Lipinski definition) is 3. The van der Waals surface area contributed by atoms with Crippen molar-refractivity contribution >= 4 is 51.4 Å². The summed E-state index contributed by atoms with van der Waals surface area (Å²) in [5, 5.41) is 4.87. The minimum Gasteiger partial charge on any atom is -0.317 e. The Bertz CT molecular complexity index is 1030. The summed E-state index contributed by atoms with van der Waals surface area (Å²) in [5.74, 6) is 0.846. The molecule has 1 aromatic heterocycles. The van der Waals surface area contributed by atoms with Gasteiger partial charge in [-0.25, -0.2) is 5.43 Å². The number of hydrogen-bond donors (Lipinski definition) is 1. The summed E-state index contributed by atoms with van der Waals surface area (Å²) in [6, 6.07) is 17.8. The minimum atomic E-state index is -0.147. The zero-order valence-corrected chi connectivity index (χ0v) is 19.3. The molecule has 0 aliphatic heterocycles. The molecule has 0 saturated heterocycles. The molecule has 0 unspecified atom stereocenters. The summed E-state index contributed by atoms with van der Waals surface area (Å²) in [5.41, 5.74) is 7.78. The van der Waals surface area contributed by atoms with Gasteiger partial charge in [0.15, 0.2) is 0 Å². The third-order valence-electron chi connectivity index (χ3n) is 4.46. The predicted octanol–water partition coefficient (Wildman–Crippen LogP) is 5.89. The van der Waals surface area contributed by atoms with Crippen molar-refractivity contribution in [1.82, 2.24) is 9.99 Å². The Hall–Kier alpha value is -2.02. The first-order chi connectivity index (χ1) is 14.0. The van der Waals surface area contributed by atoms with Crippen LogP contribution in [0.3, 0.4) is 0 Å². The van der Waals surface area contributed by atoms with Crippen molar-refractivity contribution in [3.05, 3.63) is 86.6 Å². The predicted molar refractivity (Wildman–Crippen MR) is 126 cm³/mol. The van der Waals surface area contributed by atoms with Crippen LogP contribution in [-0.2, 0) is 10.5 Å². The van der Waals surface area contributed by atoms with E-state index in [9.17, 15) is 4.79 Å². The SMILES string of the molecule is Cc1c(Br)c(/C=N\NC(=O)CSCc2ccccc2Cl)c(C)n1-c1ccccc1. The maximum atomic E-state index is 12.1. The first-order valence-electron chi connectivity index (χ1n) is 9.05. The number of hydrazone groups is 1.